The van der Waals surface area contributed by atoms with Gasteiger partial charge < -0.3 is 10.1 Å². The van der Waals surface area contributed by atoms with Crippen LogP contribution in [0.25, 0.3) is 16.8 Å². The highest BCUT2D eigenvalue weighted by molar-refractivity contribution is 8.18. The van der Waals surface area contributed by atoms with Gasteiger partial charge in [-0.05, 0) is 58.8 Å². The summed E-state index contributed by atoms with van der Waals surface area (Å²) in [5.74, 6) is -1.73. The number of nitrogens with one attached hydrogen (secondary N) is 1. The standard InChI is InChI=1S/C26H21ClN2O5S/c1-2-12-34-25(32)20-14-18(10-11-21(20)27)28-23(30)15-29-24(31)22(35-26(29)33)13-17-8-5-7-16-6-3-4-9-19(16)17/h3-11,13-14H,2,12,15H2,1H3,(H,28,30)/b22-13+. The van der Waals surface area contributed by atoms with Gasteiger partial charge in [-0.25, -0.2) is 4.79 Å². The summed E-state index contributed by atoms with van der Waals surface area (Å²) in [5.41, 5.74) is 1.21. The highest BCUT2D eigenvalue weighted by Gasteiger charge is 2.36. The number of fused-ring (bicyclic) bond motifs is 1. The van der Waals surface area contributed by atoms with Crippen molar-refractivity contribution >= 4 is 68.9 Å². The maximum atomic E-state index is 12.9. The lowest BCUT2D eigenvalue weighted by molar-refractivity contribution is -0.127. The van der Waals surface area contributed by atoms with Crippen LogP contribution in [0.15, 0.2) is 65.6 Å². The summed E-state index contributed by atoms with van der Waals surface area (Å²) in [6.45, 7) is 1.65. The molecule has 3 aromatic carbocycles. The first-order valence-electron chi connectivity index (χ1n) is 10.9. The molecule has 1 heterocycles. The molecular weight excluding hydrogens is 488 g/mol. The number of anilines is 1. The van der Waals surface area contributed by atoms with Crippen LogP contribution >= 0.6 is 23.4 Å². The average molecular weight is 509 g/mol. The zero-order chi connectivity index (χ0) is 24.9. The van der Waals surface area contributed by atoms with Crippen molar-refractivity contribution in [3.8, 4) is 0 Å². The molecule has 1 aliphatic rings. The van der Waals surface area contributed by atoms with E-state index in [9.17, 15) is 19.2 Å². The predicted molar refractivity (Wildman–Crippen MR) is 137 cm³/mol. The molecule has 1 aliphatic heterocycles. The number of carbonyl (C=O) groups is 4. The molecule has 35 heavy (non-hydrogen) atoms. The number of thioether (sulfide) groups is 1. The van der Waals surface area contributed by atoms with E-state index in [1.807, 2.05) is 49.4 Å². The molecule has 3 amide bonds. The SMILES string of the molecule is CCCOC(=O)c1cc(NC(=O)CN2C(=O)S/C(=C/c3cccc4ccccc34)C2=O)ccc1Cl. The summed E-state index contributed by atoms with van der Waals surface area (Å²) in [6.07, 6.45) is 2.32. The van der Waals surface area contributed by atoms with Crippen LogP contribution in [0, 0.1) is 0 Å². The van der Waals surface area contributed by atoms with Crippen LogP contribution in [0.4, 0.5) is 10.5 Å². The molecule has 1 saturated heterocycles. The van der Waals surface area contributed by atoms with Crippen molar-refractivity contribution in [1.29, 1.82) is 0 Å². The van der Waals surface area contributed by atoms with Crippen molar-refractivity contribution in [3.63, 3.8) is 0 Å². The first kappa shape index (κ1) is 24.5. The summed E-state index contributed by atoms with van der Waals surface area (Å²) in [5, 5.41) is 4.22. The van der Waals surface area contributed by atoms with E-state index in [0.29, 0.717) is 12.1 Å². The zero-order valence-electron chi connectivity index (χ0n) is 18.7. The largest absolute Gasteiger partial charge is 0.462 e. The topological polar surface area (TPSA) is 92.8 Å². The van der Waals surface area contributed by atoms with Gasteiger partial charge in [0.15, 0.2) is 0 Å². The Hall–Kier alpha value is -3.62. The van der Waals surface area contributed by atoms with E-state index in [1.165, 1.54) is 18.2 Å². The Morgan fingerprint density at radius 1 is 1.09 bits per heavy atom. The third-order valence-corrected chi connectivity index (χ3v) is 6.43. The van der Waals surface area contributed by atoms with Gasteiger partial charge in [-0.2, -0.15) is 0 Å². The number of nitrogens with zero attached hydrogens (tertiary/aromatic N) is 1. The van der Waals surface area contributed by atoms with Gasteiger partial charge in [-0.3, -0.25) is 19.3 Å². The number of amides is 3. The Morgan fingerprint density at radius 2 is 1.86 bits per heavy atom. The fourth-order valence-corrected chi connectivity index (χ4v) is 4.55. The smallest absolute Gasteiger partial charge is 0.339 e. The number of halogens is 1. The third kappa shape index (κ3) is 5.55. The van der Waals surface area contributed by atoms with Crippen molar-refractivity contribution in [2.45, 2.75) is 13.3 Å². The average Bonchev–Trinajstić information content (AvgIpc) is 3.11. The zero-order valence-corrected chi connectivity index (χ0v) is 20.3. The van der Waals surface area contributed by atoms with Crippen molar-refractivity contribution in [3.05, 3.63) is 81.7 Å². The van der Waals surface area contributed by atoms with Gasteiger partial charge in [0.05, 0.1) is 22.1 Å². The third-order valence-electron chi connectivity index (χ3n) is 5.19. The normalized spacial score (nSPS) is 14.6. The molecule has 0 spiro atoms. The fourth-order valence-electron chi connectivity index (χ4n) is 3.53. The summed E-state index contributed by atoms with van der Waals surface area (Å²) < 4.78 is 5.10. The number of hydrogen-bond donors (Lipinski definition) is 1. The highest BCUT2D eigenvalue weighted by atomic mass is 35.5. The van der Waals surface area contributed by atoms with Crippen LogP contribution in [-0.4, -0.2) is 41.1 Å². The second-order valence-corrected chi connectivity index (χ2v) is 9.12. The van der Waals surface area contributed by atoms with Crippen LogP contribution in [0.1, 0.15) is 29.3 Å². The van der Waals surface area contributed by atoms with Gasteiger partial charge in [0.25, 0.3) is 11.1 Å². The number of hydrogen-bond acceptors (Lipinski definition) is 6. The maximum Gasteiger partial charge on any atom is 0.339 e. The lowest BCUT2D eigenvalue weighted by Crippen LogP contribution is -2.36. The van der Waals surface area contributed by atoms with E-state index in [1.54, 1.807) is 6.08 Å². The van der Waals surface area contributed by atoms with E-state index < -0.39 is 29.6 Å². The molecule has 0 aromatic heterocycles. The second kappa shape index (κ2) is 10.8. The van der Waals surface area contributed by atoms with Crippen LogP contribution in [-0.2, 0) is 14.3 Å². The van der Waals surface area contributed by atoms with Gasteiger partial charge in [-0.1, -0.05) is 61.0 Å². The molecule has 1 fully saturated rings. The van der Waals surface area contributed by atoms with Crippen LogP contribution in [0.5, 0.6) is 0 Å². The Labute approximate surface area is 211 Å². The molecular formula is C26H21ClN2O5S. The van der Waals surface area contributed by atoms with Gasteiger partial charge in [0.2, 0.25) is 5.91 Å². The number of esters is 1. The molecule has 0 saturated carbocycles. The number of rotatable bonds is 7. The molecule has 0 radical (unpaired) electrons. The van der Waals surface area contributed by atoms with Gasteiger partial charge in [0.1, 0.15) is 6.54 Å². The lowest BCUT2D eigenvalue weighted by Gasteiger charge is -2.13. The van der Waals surface area contributed by atoms with Gasteiger partial charge in [0, 0.05) is 5.69 Å². The monoisotopic (exact) mass is 508 g/mol. The number of carbonyl (C=O) groups excluding carboxylic acids is 4. The Morgan fingerprint density at radius 3 is 2.66 bits per heavy atom. The van der Waals surface area contributed by atoms with Gasteiger partial charge in [-0.15, -0.1) is 0 Å². The summed E-state index contributed by atoms with van der Waals surface area (Å²) >= 11 is 6.87. The molecule has 4 rings (SSSR count). The molecule has 3 aromatic rings. The minimum Gasteiger partial charge on any atom is -0.462 e. The first-order chi connectivity index (χ1) is 16.9. The first-order valence-corrected chi connectivity index (χ1v) is 12.1. The van der Waals surface area contributed by atoms with E-state index in [0.717, 1.165) is 33.0 Å². The molecule has 0 unspecified atom stereocenters. The predicted octanol–water partition coefficient (Wildman–Crippen LogP) is 5.74. The quantitative estimate of drug-likeness (QED) is 0.323. The Bertz CT molecular complexity index is 1370. The van der Waals surface area contributed by atoms with Crippen molar-refractivity contribution in [2.24, 2.45) is 0 Å². The molecule has 0 bridgehead atoms. The van der Waals surface area contributed by atoms with Crippen LogP contribution < -0.4 is 5.32 Å². The summed E-state index contributed by atoms with van der Waals surface area (Å²) in [6, 6.07) is 17.8. The minimum absolute atomic E-state index is 0.113. The Balaban J connectivity index is 1.47. The van der Waals surface area contributed by atoms with Crippen LogP contribution in [0.2, 0.25) is 5.02 Å². The minimum atomic E-state index is -0.600. The summed E-state index contributed by atoms with van der Waals surface area (Å²) in [4.78, 5) is 51.3. The van der Waals surface area contributed by atoms with Gasteiger partial charge >= 0.3 is 5.97 Å². The van der Waals surface area contributed by atoms with E-state index in [2.05, 4.69) is 5.32 Å². The van der Waals surface area contributed by atoms with Crippen molar-refractivity contribution in [1.82, 2.24) is 4.90 Å². The number of ether oxygens (including phenoxy) is 1. The van der Waals surface area contributed by atoms with Crippen molar-refractivity contribution < 1.29 is 23.9 Å². The second-order valence-electron chi connectivity index (χ2n) is 7.71. The molecule has 0 atom stereocenters. The van der Waals surface area contributed by atoms with Crippen molar-refractivity contribution in [2.75, 3.05) is 18.5 Å². The highest BCUT2D eigenvalue weighted by Crippen LogP contribution is 2.33. The Kier molecular flexibility index (Phi) is 7.53. The molecule has 9 heteroatoms. The fraction of sp³-hybridized carbons (Fsp3) is 0.154. The summed E-state index contributed by atoms with van der Waals surface area (Å²) in [7, 11) is 0. The number of imide groups is 1. The van der Waals surface area contributed by atoms with E-state index >= 15 is 0 Å². The molecule has 178 valence electrons. The van der Waals surface area contributed by atoms with E-state index in [4.69, 9.17) is 16.3 Å². The van der Waals surface area contributed by atoms with Crippen LogP contribution in [0.3, 0.4) is 0 Å². The molecule has 1 N–H and O–H groups in total. The van der Waals surface area contributed by atoms with E-state index in [-0.39, 0.29) is 22.1 Å². The molecule has 7 nitrogen and oxygen atoms in total. The maximum absolute atomic E-state index is 12.9. The number of benzene rings is 3. The lowest BCUT2D eigenvalue weighted by atomic mass is 10.0. The molecule has 0 aliphatic carbocycles.